The van der Waals surface area contributed by atoms with Crippen molar-refractivity contribution in [2.24, 2.45) is 5.92 Å². The first-order valence-electron chi connectivity index (χ1n) is 8.51. The first-order valence-corrected chi connectivity index (χ1v) is 8.51. The standard InChI is InChI=1S/C18H22N2O5/c21-15(12-25-14-4-2-1-3-5-14)20-10-6-13(7-11-20)16(22)19-18(8-9-18)17(23)24/h1-5,13H,6-12H2,(H,19,22)(H,23,24). The predicted molar refractivity (Wildman–Crippen MR) is 89.0 cm³/mol. The van der Waals surface area contributed by atoms with Crippen LogP contribution in [0.15, 0.2) is 30.3 Å². The highest BCUT2D eigenvalue weighted by atomic mass is 16.5. The van der Waals surface area contributed by atoms with Crippen molar-refractivity contribution in [3.8, 4) is 5.75 Å². The Morgan fingerprint density at radius 1 is 1.16 bits per heavy atom. The molecule has 1 saturated carbocycles. The smallest absolute Gasteiger partial charge is 0.329 e. The number of hydrogen-bond donors (Lipinski definition) is 2. The Morgan fingerprint density at radius 2 is 1.80 bits per heavy atom. The summed E-state index contributed by atoms with van der Waals surface area (Å²) >= 11 is 0. The van der Waals surface area contributed by atoms with Crippen LogP contribution in [0.1, 0.15) is 25.7 Å². The molecule has 0 radical (unpaired) electrons. The Hall–Kier alpha value is -2.57. The summed E-state index contributed by atoms with van der Waals surface area (Å²) in [5.41, 5.74) is -1.05. The van der Waals surface area contributed by atoms with Crippen LogP contribution in [-0.2, 0) is 14.4 Å². The number of nitrogens with zero attached hydrogens (tertiary/aromatic N) is 1. The van der Waals surface area contributed by atoms with E-state index in [4.69, 9.17) is 9.84 Å². The fraction of sp³-hybridized carbons (Fsp3) is 0.500. The van der Waals surface area contributed by atoms with Gasteiger partial charge in [-0.1, -0.05) is 18.2 Å². The van der Waals surface area contributed by atoms with Gasteiger partial charge in [0.05, 0.1) is 0 Å². The molecule has 1 aromatic carbocycles. The lowest BCUT2D eigenvalue weighted by atomic mass is 9.95. The van der Waals surface area contributed by atoms with E-state index in [2.05, 4.69) is 5.32 Å². The fourth-order valence-corrected chi connectivity index (χ4v) is 3.00. The summed E-state index contributed by atoms with van der Waals surface area (Å²) in [7, 11) is 0. The summed E-state index contributed by atoms with van der Waals surface area (Å²) in [6, 6.07) is 9.14. The molecule has 0 unspecified atom stereocenters. The third-order valence-electron chi connectivity index (χ3n) is 4.85. The molecule has 7 heteroatoms. The summed E-state index contributed by atoms with van der Waals surface area (Å²) in [4.78, 5) is 37.3. The van der Waals surface area contributed by atoms with Gasteiger partial charge in [-0.3, -0.25) is 9.59 Å². The number of nitrogens with one attached hydrogen (secondary N) is 1. The number of ether oxygens (including phenoxy) is 1. The summed E-state index contributed by atoms with van der Waals surface area (Å²) in [6.07, 6.45) is 2.06. The van der Waals surface area contributed by atoms with Crippen LogP contribution in [-0.4, -0.2) is 53.0 Å². The highest BCUT2D eigenvalue weighted by Crippen LogP contribution is 2.36. The van der Waals surface area contributed by atoms with Crippen molar-refractivity contribution in [2.75, 3.05) is 19.7 Å². The number of carbonyl (C=O) groups excluding carboxylic acids is 2. The maximum Gasteiger partial charge on any atom is 0.329 e. The zero-order chi connectivity index (χ0) is 17.9. The van der Waals surface area contributed by atoms with Crippen LogP contribution in [0.2, 0.25) is 0 Å². The number of benzene rings is 1. The van der Waals surface area contributed by atoms with Crippen LogP contribution in [0.5, 0.6) is 5.75 Å². The monoisotopic (exact) mass is 346 g/mol. The molecule has 2 amide bonds. The summed E-state index contributed by atoms with van der Waals surface area (Å²) < 4.78 is 5.46. The van der Waals surface area contributed by atoms with Gasteiger partial charge < -0.3 is 20.1 Å². The average molecular weight is 346 g/mol. The van der Waals surface area contributed by atoms with Crippen LogP contribution in [0.4, 0.5) is 0 Å². The SMILES string of the molecule is O=C(NC1(C(=O)O)CC1)C1CCN(C(=O)COc2ccccc2)CC1. The molecule has 3 rings (SSSR count). The molecule has 7 nitrogen and oxygen atoms in total. The second-order valence-corrected chi connectivity index (χ2v) is 6.63. The number of carbonyl (C=O) groups is 3. The predicted octanol–water partition coefficient (Wildman–Crippen LogP) is 1.04. The minimum absolute atomic E-state index is 0.0248. The molecule has 2 fully saturated rings. The highest BCUT2D eigenvalue weighted by molar-refractivity contribution is 5.90. The van der Waals surface area contributed by atoms with Crippen molar-refractivity contribution in [3.63, 3.8) is 0 Å². The number of para-hydroxylation sites is 1. The molecule has 0 atom stereocenters. The van der Waals surface area contributed by atoms with E-state index in [1.807, 2.05) is 18.2 Å². The minimum atomic E-state index is -1.05. The van der Waals surface area contributed by atoms with Crippen LogP contribution in [0.3, 0.4) is 0 Å². The zero-order valence-electron chi connectivity index (χ0n) is 13.9. The van der Waals surface area contributed by atoms with Gasteiger partial charge in [0, 0.05) is 19.0 Å². The van der Waals surface area contributed by atoms with Gasteiger partial charge in [-0.15, -0.1) is 0 Å². The second-order valence-electron chi connectivity index (χ2n) is 6.63. The molecule has 1 aromatic rings. The van der Waals surface area contributed by atoms with E-state index in [1.54, 1.807) is 17.0 Å². The van der Waals surface area contributed by atoms with Gasteiger partial charge in [-0.25, -0.2) is 4.79 Å². The Kier molecular flexibility index (Phi) is 4.92. The molecular weight excluding hydrogens is 324 g/mol. The van der Waals surface area contributed by atoms with Gasteiger partial charge in [0.15, 0.2) is 6.61 Å². The first-order chi connectivity index (χ1) is 12.0. The lowest BCUT2D eigenvalue weighted by molar-refractivity contribution is -0.144. The van der Waals surface area contributed by atoms with Crippen molar-refractivity contribution in [2.45, 2.75) is 31.2 Å². The largest absolute Gasteiger partial charge is 0.484 e. The normalized spacial score (nSPS) is 19.1. The number of rotatable bonds is 6. The lowest BCUT2D eigenvalue weighted by Crippen LogP contribution is -2.49. The van der Waals surface area contributed by atoms with Crippen molar-refractivity contribution in [3.05, 3.63) is 30.3 Å². The summed E-state index contributed by atoms with van der Waals surface area (Å²) in [6.45, 7) is 0.938. The van der Waals surface area contributed by atoms with Crippen molar-refractivity contribution in [1.29, 1.82) is 0 Å². The van der Waals surface area contributed by atoms with Gasteiger partial charge in [-0.05, 0) is 37.8 Å². The fourth-order valence-electron chi connectivity index (χ4n) is 3.00. The zero-order valence-corrected chi connectivity index (χ0v) is 13.9. The molecule has 1 saturated heterocycles. The van der Waals surface area contributed by atoms with E-state index in [1.165, 1.54) is 0 Å². The van der Waals surface area contributed by atoms with E-state index in [0.717, 1.165) is 0 Å². The molecule has 25 heavy (non-hydrogen) atoms. The number of amides is 2. The van der Waals surface area contributed by atoms with Gasteiger partial charge in [-0.2, -0.15) is 0 Å². The number of aliphatic carboxylic acids is 1. The second kappa shape index (κ2) is 7.13. The van der Waals surface area contributed by atoms with Crippen LogP contribution >= 0.6 is 0 Å². The van der Waals surface area contributed by atoms with Crippen molar-refractivity contribution >= 4 is 17.8 Å². The Bertz CT molecular complexity index is 649. The average Bonchev–Trinajstić information content (AvgIpc) is 3.41. The van der Waals surface area contributed by atoms with Crippen LogP contribution in [0.25, 0.3) is 0 Å². The third-order valence-corrected chi connectivity index (χ3v) is 4.85. The third kappa shape index (κ3) is 4.10. The van der Waals surface area contributed by atoms with Crippen LogP contribution in [0, 0.1) is 5.92 Å². The Morgan fingerprint density at radius 3 is 2.36 bits per heavy atom. The number of hydrogen-bond acceptors (Lipinski definition) is 4. The van der Waals surface area contributed by atoms with Gasteiger partial charge in [0.2, 0.25) is 5.91 Å². The molecule has 0 spiro atoms. The number of piperidine rings is 1. The van der Waals surface area contributed by atoms with E-state index in [9.17, 15) is 14.4 Å². The quantitative estimate of drug-likeness (QED) is 0.802. The maximum absolute atomic E-state index is 12.2. The number of carboxylic acid groups (broad SMARTS) is 1. The molecule has 1 aliphatic heterocycles. The lowest BCUT2D eigenvalue weighted by Gasteiger charge is -2.31. The van der Waals surface area contributed by atoms with Gasteiger partial charge >= 0.3 is 5.97 Å². The van der Waals surface area contributed by atoms with Crippen molar-refractivity contribution < 1.29 is 24.2 Å². The van der Waals surface area contributed by atoms with Crippen molar-refractivity contribution in [1.82, 2.24) is 10.2 Å². The van der Waals surface area contributed by atoms with E-state index in [0.29, 0.717) is 44.5 Å². The first kappa shape index (κ1) is 17.3. The molecule has 2 N–H and O–H groups in total. The van der Waals surface area contributed by atoms with E-state index < -0.39 is 11.5 Å². The molecule has 2 aliphatic rings. The molecule has 0 aromatic heterocycles. The highest BCUT2D eigenvalue weighted by Gasteiger charge is 2.52. The van der Waals surface area contributed by atoms with E-state index >= 15 is 0 Å². The van der Waals surface area contributed by atoms with E-state index in [-0.39, 0.29) is 24.3 Å². The molecule has 0 bridgehead atoms. The van der Waals surface area contributed by atoms with Gasteiger partial charge in [0.1, 0.15) is 11.3 Å². The maximum atomic E-state index is 12.2. The Balaban J connectivity index is 1.43. The number of likely N-dealkylation sites (tertiary alicyclic amines) is 1. The molecular formula is C18H22N2O5. The molecule has 134 valence electrons. The summed E-state index contributed by atoms with van der Waals surface area (Å²) in [5.74, 6) is -0.879. The van der Waals surface area contributed by atoms with Gasteiger partial charge in [0.25, 0.3) is 5.91 Å². The molecule has 1 aliphatic carbocycles. The minimum Gasteiger partial charge on any atom is -0.484 e. The topological polar surface area (TPSA) is 95.9 Å². The summed E-state index contributed by atoms with van der Waals surface area (Å²) in [5, 5.41) is 11.8. The van der Waals surface area contributed by atoms with Crippen LogP contribution < -0.4 is 10.1 Å². The molecule has 1 heterocycles. The number of carboxylic acids is 1. The Labute approximate surface area is 146 Å².